The Bertz CT molecular complexity index is 676. The van der Waals surface area contributed by atoms with Crippen molar-refractivity contribution in [3.8, 4) is 0 Å². The second-order valence-corrected chi connectivity index (χ2v) is 8.88. The summed E-state index contributed by atoms with van der Waals surface area (Å²) >= 11 is 0. The highest BCUT2D eigenvalue weighted by atomic mass is 16.4. The highest BCUT2D eigenvalue weighted by Gasteiger charge is 2.17. The van der Waals surface area contributed by atoms with E-state index in [2.05, 4.69) is 0 Å². The SMILES string of the molecule is O=C(O)/C=C(\CCCCCCCCCCCC(CC(O)CO)CC(O)CO)C(=O)O.O=CC=CC(=O)O. The summed E-state index contributed by atoms with van der Waals surface area (Å²) in [4.78, 5) is 40.4. The maximum absolute atomic E-state index is 10.9. The molecule has 7 N–H and O–H groups in total. The molecule has 0 rings (SSSR count). The molecule has 0 amide bonds. The van der Waals surface area contributed by atoms with Crippen molar-refractivity contribution in [2.45, 2.75) is 95.7 Å². The second kappa shape index (κ2) is 25.1. The number of aliphatic hydroxyl groups is 4. The molecule has 0 fully saturated rings. The number of carboxylic acid groups (broad SMARTS) is 3. The predicted octanol–water partition coefficient (Wildman–Crippen LogP) is 2.30. The average Bonchev–Trinajstić information content (AvgIpc) is 2.84. The maximum atomic E-state index is 10.9. The first kappa shape index (κ1) is 36.6. The van der Waals surface area contributed by atoms with Crippen LogP contribution in [0.15, 0.2) is 23.8 Å². The molecule has 0 heterocycles. The Morgan fingerprint density at radius 3 is 1.49 bits per heavy atom. The Hall–Kier alpha value is -2.60. The summed E-state index contributed by atoms with van der Waals surface area (Å²) in [7, 11) is 0. The normalized spacial score (nSPS) is 13.9. The highest BCUT2D eigenvalue weighted by Crippen LogP contribution is 2.22. The standard InChI is InChI=1S/C22H40O8.C4H4O3/c23-15-19(25)12-17(13-20(26)16-24)10-8-6-4-2-1-3-5-7-9-11-18(22(29)30)14-21(27)28;5-3-1-2-4(6)7/h14,17,19-20,23-26H,1-13,15-16H2,(H,27,28)(H,29,30);1-3H,(H,6,7)/b18-14+;. The summed E-state index contributed by atoms with van der Waals surface area (Å²) in [6.07, 6.45) is 12.3. The molecule has 0 bridgehead atoms. The largest absolute Gasteiger partial charge is 0.478 e. The van der Waals surface area contributed by atoms with Crippen LogP contribution < -0.4 is 0 Å². The molecule has 37 heavy (non-hydrogen) atoms. The van der Waals surface area contributed by atoms with Gasteiger partial charge < -0.3 is 35.7 Å². The van der Waals surface area contributed by atoms with E-state index < -0.39 is 30.1 Å². The predicted molar refractivity (Wildman–Crippen MR) is 136 cm³/mol. The van der Waals surface area contributed by atoms with Gasteiger partial charge in [0.2, 0.25) is 0 Å². The highest BCUT2D eigenvalue weighted by molar-refractivity contribution is 5.94. The second-order valence-electron chi connectivity index (χ2n) is 8.88. The van der Waals surface area contributed by atoms with Gasteiger partial charge >= 0.3 is 17.9 Å². The molecule has 11 nitrogen and oxygen atoms in total. The van der Waals surface area contributed by atoms with Crippen LogP contribution in [0.3, 0.4) is 0 Å². The third-order valence-electron chi connectivity index (χ3n) is 5.58. The molecule has 2 atom stereocenters. The first-order chi connectivity index (χ1) is 17.6. The zero-order valence-electron chi connectivity index (χ0n) is 21.4. The summed E-state index contributed by atoms with van der Waals surface area (Å²) in [6.45, 7) is -0.585. The van der Waals surface area contributed by atoms with Gasteiger partial charge in [-0.2, -0.15) is 0 Å². The lowest BCUT2D eigenvalue weighted by molar-refractivity contribution is -0.135. The molecule has 0 aliphatic carbocycles. The van der Waals surface area contributed by atoms with Gasteiger partial charge in [-0.25, -0.2) is 14.4 Å². The molecule has 11 heteroatoms. The van der Waals surface area contributed by atoms with E-state index in [-0.39, 0.29) is 31.1 Å². The van der Waals surface area contributed by atoms with Crippen LogP contribution in [0.4, 0.5) is 0 Å². The Balaban J connectivity index is 0. The number of aliphatic carboxylic acids is 3. The molecule has 0 aromatic carbocycles. The van der Waals surface area contributed by atoms with Gasteiger partial charge in [0.15, 0.2) is 0 Å². The minimum Gasteiger partial charge on any atom is -0.478 e. The van der Waals surface area contributed by atoms with Crippen molar-refractivity contribution in [2.75, 3.05) is 13.2 Å². The number of unbranched alkanes of at least 4 members (excludes halogenated alkanes) is 8. The topological polar surface area (TPSA) is 210 Å². The van der Waals surface area contributed by atoms with Crippen LogP contribution in [0.2, 0.25) is 0 Å². The van der Waals surface area contributed by atoms with E-state index in [0.29, 0.717) is 25.5 Å². The minimum atomic E-state index is -1.23. The number of hydrogen-bond acceptors (Lipinski definition) is 8. The first-order valence-corrected chi connectivity index (χ1v) is 12.7. The number of rotatable bonds is 22. The Kier molecular flexibility index (Phi) is 24.8. The van der Waals surface area contributed by atoms with Gasteiger partial charge in [0.25, 0.3) is 0 Å². The Labute approximate surface area is 218 Å². The molecular weight excluding hydrogens is 488 g/mol. The molecule has 0 spiro atoms. The average molecular weight is 533 g/mol. The van der Waals surface area contributed by atoms with Crippen LogP contribution in [-0.4, -0.2) is 85.4 Å². The summed E-state index contributed by atoms with van der Waals surface area (Å²) in [5.41, 5.74) is -0.0566. The van der Waals surface area contributed by atoms with E-state index in [1.807, 2.05) is 0 Å². The molecule has 0 aliphatic heterocycles. The van der Waals surface area contributed by atoms with E-state index >= 15 is 0 Å². The molecule has 214 valence electrons. The number of aliphatic hydroxyl groups excluding tert-OH is 4. The lowest BCUT2D eigenvalue weighted by Crippen LogP contribution is -2.23. The Morgan fingerprint density at radius 1 is 0.676 bits per heavy atom. The van der Waals surface area contributed by atoms with Gasteiger partial charge in [0.1, 0.15) is 6.29 Å². The summed E-state index contributed by atoms with van der Waals surface area (Å²) in [6, 6.07) is 0. The van der Waals surface area contributed by atoms with E-state index in [1.54, 1.807) is 0 Å². The van der Waals surface area contributed by atoms with Crippen LogP contribution in [-0.2, 0) is 19.2 Å². The first-order valence-electron chi connectivity index (χ1n) is 12.7. The van der Waals surface area contributed by atoms with E-state index in [1.165, 1.54) is 0 Å². The number of carbonyl (C=O) groups excluding carboxylic acids is 1. The summed E-state index contributed by atoms with van der Waals surface area (Å²) in [5, 5.41) is 62.6. The lowest BCUT2D eigenvalue weighted by Gasteiger charge is -2.21. The number of carboxylic acids is 3. The molecule has 0 aromatic rings. The van der Waals surface area contributed by atoms with Crippen LogP contribution in [0, 0.1) is 5.92 Å². The van der Waals surface area contributed by atoms with Crippen molar-refractivity contribution in [1.29, 1.82) is 0 Å². The fourth-order valence-corrected chi connectivity index (χ4v) is 3.75. The summed E-state index contributed by atoms with van der Waals surface area (Å²) < 4.78 is 0. The molecule has 0 saturated carbocycles. The quantitative estimate of drug-likeness (QED) is 0.0611. The fraction of sp³-hybridized carbons (Fsp3) is 0.692. The Morgan fingerprint density at radius 2 is 1.14 bits per heavy atom. The smallest absolute Gasteiger partial charge is 0.331 e. The zero-order valence-corrected chi connectivity index (χ0v) is 21.4. The van der Waals surface area contributed by atoms with Gasteiger partial charge in [-0.1, -0.05) is 57.8 Å². The van der Waals surface area contributed by atoms with Crippen molar-refractivity contribution >= 4 is 24.2 Å². The molecule has 0 aliphatic rings. The molecule has 0 saturated heterocycles. The number of carbonyl (C=O) groups is 4. The van der Waals surface area contributed by atoms with Crippen molar-refractivity contribution in [3.05, 3.63) is 23.8 Å². The third-order valence-corrected chi connectivity index (χ3v) is 5.58. The van der Waals surface area contributed by atoms with Crippen molar-refractivity contribution < 1.29 is 54.9 Å². The van der Waals surface area contributed by atoms with Gasteiger partial charge in [-0.3, -0.25) is 4.79 Å². The van der Waals surface area contributed by atoms with Crippen LogP contribution >= 0.6 is 0 Å². The minimum absolute atomic E-state index is 0.0566. The molecule has 2 unspecified atom stereocenters. The third kappa shape index (κ3) is 26.3. The number of aldehydes is 1. The zero-order chi connectivity index (χ0) is 28.5. The van der Waals surface area contributed by atoms with Crippen molar-refractivity contribution in [3.63, 3.8) is 0 Å². The van der Waals surface area contributed by atoms with Crippen LogP contribution in [0.25, 0.3) is 0 Å². The fourth-order valence-electron chi connectivity index (χ4n) is 3.75. The lowest BCUT2D eigenvalue weighted by atomic mass is 9.90. The van der Waals surface area contributed by atoms with Gasteiger partial charge in [-0.15, -0.1) is 0 Å². The van der Waals surface area contributed by atoms with Gasteiger partial charge in [0, 0.05) is 17.7 Å². The van der Waals surface area contributed by atoms with Gasteiger partial charge in [-0.05, 0) is 37.7 Å². The van der Waals surface area contributed by atoms with Gasteiger partial charge in [0.05, 0.1) is 25.4 Å². The van der Waals surface area contributed by atoms with Crippen molar-refractivity contribution in [2.24, 2.45) is 5.92 Å². The van der Waals surface area contributed by atoms with Crippen molar-refractivity contribution in [1.82, 2.24) is 0 Å². The monoisotopic (exact) mass is 532 g/mol. The molecule has 0 radical (unpaired) electrons. The summed E-state index contributed by atoms with van der Waals surface area (Å²) in [5.74, 6) is -3.42. The molecule has 0 aromatic heterocycles. The van der Waals surface area contributed by atoms with E-state index in [0.717, 1.165) is 76.0 Å². The number of hydrogen-bond donors (Lipinski definition) is 7. The maximum Gasteiger partial charge on any atom is 0.331 e. The van der Waals surface area contributed by atoms with Crippen LogP contribution in [0.1, 0.15) is 83.5 Å². The van der Waals surface area contributed by atoms with E-state index in [9.17, 15) is 29.4 Å². The number of allylic oxidation sites excluding steroid dienone is 1. The van der Waals surface area contributed by atoms with Crippen LogP contribution in [0.5, 0.6) is 0 Å². The van der Waals surface area contributed by atoms with E-state index in [4.69, 9.17) is 25.5 Å². The molecular formula is C26H44O11.